The van der Waals surface area contributed by atoms with Crippen molar-refractivity contribution in [2.45, 2.75) is 5.16 Å². The Balaban J connectivity index is 2.09. The van der Waals surface area contributed by atoms with Crippen LogP contribution in [-0.4, -0.2) is 40.7 Å². The van der Waals surface area contributed by atoms with Gasteiger partial charge in [-0.05, 0) is 18.2 Å². The summed E-state index contributed by atoms with van der Waals surface area (Å²) in [6.07, 6.45) is 0. The molecule has 8 heteroatoms. The molecule has 20 heavy (non-hydrogen) atoms. The Labute approximate surface area is 119 Å². The number of amidine groups is 1. The van der Waals surface area contributed by atoms with E-state index < -0.39 is 0 Å². The summed E-state index contributed by atoms with van der Waals surface area (Å²) in [5.74, 6) is 3.08. The SMILES string of the molecule is COc1ccc(-c2nnc3n2N=C(N)CS3)cc1OC. The van der Waals surface area contributed by atoms with Gasteiger partial charge in [-0.25, -0.2) is 0 Å². The normalized spacial score (nSPS) is 13.6. The third kappa shape index (κ3) is 2.07. The minimum atomic E-state index is 0.545. The van der Waals surface area contributed by atoms with Crippen molar-refractivity contribution >= 4 is 17.6 Å². The third-order valence-electron chi connectivity index (χ3n) is 2.83. The fourth-order valence-corrected chi connectivity index (χ4v) is 2.58. The molecule has 1 aromatic heterocycles. The lowest BCUT2D eigenvalue weighted by atomic mass is 10.2. The maximum Gasteiger partial charge on any atom is 0.212 e. The maximum atomic E-state index is 5.77. The first-order valence-corrected chi connectivity index (χ1v) is 6.85. The smallest absolute Gasteiger partial charge is 0.212 e. The Kier molecular flexibility index (Phi) is 3.23. The number of aromatic nitrogens is 3. The molecule has 0 saturated heterocycles. The summed E-state index contributed by atoms with van der Waals surface area (Å²) in [5, 5.41) is 13.3. The lowest BCUT2D eigenvalue weighted by Gasteiger charge is -2.12. The molecule has 0 radical (unpaired) electrons. The lowest BCUT2D eigenvalue weighted by Crippen LogP contribution is -2.20. The van der Waals surface area contributed by atoms with Crippen LogP contribution in [0.25, 0.3) is 11.4 Å². The number of nitrogens with two attached hydrogens (primary N) is 1. The molecule has 1 aromatic carbocycles. The van der Waals surface area contributed by atoms with Gasteiger partial charge in [0, 0.05) is 5.56 Å². The topological polar surface area (TPSA) is 87.6 Å². The van der Waals surface area contributed by atoms with E-state index in [0.29, 0.717) is 28.9 Å². The molecule has 0 bridgehead atoms. The van der Waals surface area contributed by atoms with Crippen LogP contribution in [0.5, 0.6) is 11.5 Å². The monoisotopic (exact) mass is 291 g/mol. The van der Waals surface area contributed by atoms with Gasteiger partial charge in [0.05, 0.1) is 20.0 Å². The summed E-state index contributed by atoms with van der Waals surface area (Å²) in [6, 6.07) is 5.53. The van der Waals surface area contributed by atoms with Crippen LogP contribution >= 0.6 is 11.8 Å². The van der Waals surface area contributed by atoms with Crippen LogP contribution in [0.4, 0.5) is 0 Å². The molecule has 0 fully saturated rings. The van der Waals surface area contributed by atoms with Gasteiger partial charge < -0.3 is 15.2 Å². The van der Waals surface area contributed by atoms with Crippen LogP contribution in [0.1, 0.15) is 0 Å². The van der Waals surface area contributed by atoms with Crippen molar-refractivity contribution in [3.8, 4) is 22.9 Å². The van der Waals surface area contributed by atoms with Gasteiger partial charge in [-0.1, -0.05) is 11.8 Å². The first kappa shape index (κ1) is 12.8. The van der Waals surface area contributed by atoms with Gasteiger partial charge in [-0.3, -0.25) is 0 Å². The van der Waals surface area contributed by atoms with Crippen LogP contribution in [0.3, 0.4) is 0 Å². The van der Waals surface area contributed by atoms with Crippen LogP contribution in [0.15, 0.2) is 28.5 Å². The second kappa shape index (κ2) is 5.04. The summed E-state index contributed by atoms with van der Waals surface area (Å²) in [5.41, 5.74) is 6.60. The number of thioether (sulfide) groups is 1. The Morgan fingerprint density at radius 2 is 2.00 bits per heavy atom. The van der Waals surface area contributed by atoms with Crippen LogP contribution in [0.2, 0.25) is 0 Å². The Morgan fingerprint density at radius 3 is 2.75 bits per heavy atom. The van der Waals surface area contributed by atoms with Gasteiger partial charge in [0.15, 0.2) is 17.3 Å². The quantitative estimate of drug-likeness (QED) is 0.914. The predicted octanol–water partition coefficient (Wildman–Crippen LogP) is 1.19. The van der Waals surface area contributed by atoms with Crippen molar-refractivity contribution in [2.24, 2.45) is 10.8 Å². The summed E-state index contributed by atoms with van der Waals surface area (Å²) >= 11 is 1.51. The molecule has 3 rings (SSSR count). The van der Waals surface area contributed by atoms with Crippen molar-refractivity contribution in [3.63, 3.8) is 0 Å². The van der Waals surface area contributed by atoms with Crippen molar-refractivity contribution in [2.75, 3.05) is 20.0 Å². The fourth-order valence-electron chi connectivity index (χ4n) is 1.90. The van der Waals surface area contributed by atoms with E-state index in [1.165, 1.54) is 11.8 Å². The van der Waals surface area contributed by atoms with E-state index in [0.717, 1.165) is 10.7 Å². The molecule has 0 amide bonds. The van der Waals surface area contributed by atoms with Crippen molar-refractivity contribution in [3.05, 3.63) is 18.2 Å². The number of ether oxygens (including phenoxy) is 2. The zero-order valence-electron chi connectivity index (χ0n) is 11.0. The zero-order valence-corrected chi connectivity index (χ0v) is 11.8. The minimum Gasteiger partial charge on any atom is -0.493 e. The molecule has 1 aliphatic rings. The average Bonchev–Trinajstić information content (AvgIpc) is 2.89. The van der Waals surface area contributed by atoms with E-state index >= 15 is 0 Å². The van der Waals surface area contributed by atoms with Gasteiger partial charge in [0.25, 0.3) is 0 Å². The number of hydrogen-bond donors (Lipinski definition) is 1. The molecule has 7 nitrogen and oxygen atoms in total. The van der Waals surface area contributed by atoms with E-state index in [1.807, 2.05) is 18.2 Å². The highest BCUT2D eigenvalue weighted by Crippen LogP contribution is 2.33. The number of rotatable bonds is 3. The summed E-state index contributed by atoms with van der Waals surface area (Å²) in [4.78, 5) is 0. The van der Waals surface area contributed by atoms with Gasteiger partial charge in [-0.2, -0.15) is 9.78 Å². The molecule has 1 aliphatic heterocycles. The lowest BCUT2D eigenvalue weighted by molar-refractivity contribution is 0.355. The Hall–Kier alpha value is -2.22. The number of benzene rings is 1. The highest BCUT2D eigenvalue weighted by molar-refractivity contribution is 7.99. The molecule has 104 valence electrons. The minimum absolute atomic E-state index is 0.545. The molecule has 0 unspecified atom stereocenters. The van der Waals surface area contributed by atoms with Gasteiger partial charge in [0.2, 0.25) is 5.16 Å². The summed E-state index contributed by atoms with van der Waals surface area (Å²) < 4.78 is 12.2. The molecule has 2 aromatic rings. The highest BCUT2D eigenvalue weighted by atomic mass is 32.2. The maximum absolute atomic E-state index is 5.77. The van der Waals surface area contributed by atoms with Crippen molar-refractivity contribution in [1.82, 2.24) is 14.9 Å². The number of fused-ring (bicyclic) bond motifs is 1. The summed E-state index contributed by atoms with van der Waals surface area (Å²) in [6.45, 7) is 0. The first-order chi connectivity index (χ1) is 9.72. The molecule has 2 heterocycles. The predicted molar refractivity (Wildman–Crippen MR) is 76.3 cm³/mol. The fraction of sp³-hybridized carbons (Fsp3) is 0.250. The molecule has 0 spiro atoms. The van der Waals surface area contributed by atoms with Crippen molar-refractivity contribution < 1.29 is 9.47 Å². The largest absolute Gasteiger partial charge is 0.493 e. The van der Waals surface area contributed by atoms with Crippen LogP contribution in [0, 0.1) is 0 Å². The van der Waals surface area contributed by atoms with Gasteiger partial charge in [0.1, 0.15) is 5.84 Å². The number of methoxy groups -OCH3 is 2. The van der Waals surface area contributed by atoms with E-state index in [9.17, 15) is 0 Å². The van der Waals surface area contributed by atoms with E-state index in [1.54, 1.807) is 18.9 Å². The van der Waals surface area contributed by atoms with Crippen LogP contribution in [-0.2, 0) is 0 Å². The molecule has 0 aliphatic carbocycles. The van der Waals surface area contributed by atoms with Gasteiger partial charge in [-0.15, -0.1) is 10.2 Å². The second-order valence-electron chi connectivity index (χ2n) is 4.07. The van der Waals surface area contributed by atoms with E-state index in [4.69, 9.17) is 15.2 Å². The Morgan fingerprint density at radius 1 is 1.20 bits per heavy atom. The molecular formula is C12H13N5O2S. The van der Waals surface area contributed by atoms with E-state index in [2.05, 4.69) is 15.3 Å². The molecule has 0 atom stereocenters. The van der Waals surface area contributed by atoms with Crippen molar-refractivity contribution in [1.29, 1.82) is 0 Å². The molecule has 2 N–H and O–H groups in total. The first-order valence-electron chi connectivity index (χ1n) is 5.87. The second-order valence-corrected chi connectivity index (χ2v) is 5.01. The zero-order chi connectivity index (χ0) is 14.1. The van der Waals surface area contributed by atoms with E-state index in [-0.39, 0.29) is 0 Å². The highest BCUT2D eigenvalue weighted by Gasteiger charge is 2.19. The molecule has 0 saturated carbocycles. The standard InChI is InChI=1S/C12H13N5O2S/c1-18-8-4-3-7(5-9(8)19-2)11-14-15-12-17(11)16-10(13)6-20-12/h3-5H,6H2,1-2H3,(H2,13,16). The summed E-state index contributed by atoms with van der Waals surface area (Å²) in [7, 11) is 3.19. The number of nitrogens with zero attached hydrogens (tertiary/aromatic N) is 4. The third-order valence-corrected chi connectivity index (χ3v) is 3.78. The molecular weight excluding hydrogens is 278 g/mol. The van der Waals surface area contributed by atoms with Crippen LogP contribution < -0.4 is 15.2 Å². The average molecular weight is 291 g/mol. The van der Waals surface area contributed by atoms with Gasteiger partial charge >= 0.3 is 0 Å². The number of hydrogen-bond acceptors (Lipinski definition) is 7. The Bertz CT molecular complexity index is 682.